The molecule has 1 amide bonds. The van der Waals surface area contributed by atoms with Crippen molar-refractivity contribution in [3.05, 3.63) is 0 Å². The van der Waals surface area contributed by atoms with E-state index in [0.29, 0.717) is 12.8 Å². The van der Waals surface area contributed by atoms with Crippen LogP contribution >= 0.6 is 0 Å². The molecule has 1 aliphatic rings. The highest BCUT2D eigenvalue weighted by atomic mass is 32.2. The number of hydrogen-bond donors (Lipinski definition) is 2. The highest BCUT2D eigenvalue weighted by molar-refractivity contribution is 7.91. The SMILES string of the molecule is CC(C)(C)OC(=O)NCC1(N)CCCS(=O)(=O)C1. The van der Waals surface area contributed by atoms with E-state index in [0.717, 1.165) is 0 Å². The summed E-state index contributed by atoms with van der Waals surface area (Å²) in [4.78, 5) is 11.5. The number of nitrogens with one attached hydrogen (secondary N) is 1. The van der Waals surface area contributed by atoms with Gasteiger partial charge in [0.15, 0.2) is 9.84 Å². The van der Waals surface area contributed by atoms with Crippen molar-refractivity contribution in [1.29, 1.82) is 0 Å². The van der Waals surface area contributed by atoms with Crippen molar-refractivity contribution in [2.75, 3.05) is 18.1 Å². The maximum absolute atomic E-state index is 11.5. The van der Waals surface area contributed by atoms with Crippen LogP contribution in [0.1, 0.15) is 33.6 Å². The average Bonchev–Trinajstić information content (AvgIpc) is 2.10. The molecule has 6 nitrogen and oxygen atoms in total. The molecule has 1 fully saturated rings. The number of hydrogen-bond acceptors (Lipinski definition) is 5. The first-order chi connectivity index (χ1) is 8.02. The van der Waals surface area contributed by atoms with Gasteiger partial charge in [-0.25, -0.2) is 13.2 Å². The van der Waals surface area contributed by atoms with Gasteiger partial charge in [0.05, 0.1) is 11.5 Å². The molecule has 0 aromatic carbocycles. The summed E-state index contributed by atoms with van der Waals surface area (Å²) in [5.74, 6) is 0.0915. The maximum atomic E-state index is 11.5. The fourth-order valence-corrected chi connectivity index (χ4v) is 3.78. The van der Waals surface area contributed by atoms with Gasteiger partial charge in [0.1, 0.15) is 5.60 Å². The predicted octanol–water partition coefficient (Wildman–Crippen LogP) is 0.417. The van der Waals surface area contributed by atoms with Crippen LogP contribution in [-0.2, 0) is 14.6 Å². The number of amides is 1. The molecule has 106 valence electrons. The average molecular weight is 278 g/mol. The molecule has 1 rings (SSSR count). The Balaban J connectivity index is 2.50. The molecule has 1 heterocycles. The van der Waals surface area contributed by atoms with E-state index in [4.69, 9.17) is 10.5 Å². The maximum Gasteiger partial charge on any atom is 0.407 e. The van der Waals surface area contributed by atoms with Crippen LogP contribution in [0.15, 0.2) is 0 Å². The van der Waals surface area contributed by atoms with E-state index in [2.05, 4.69) is 5.32 Å². The van der Waals surface area contributed by atoms with Crippen molar-refractivity contribution < 1.29 is 17.9 Å². The standard InChI is InChI=1S/C11H22N2O4S/c1-10(2,3)17-9(14)13-7-11(12)5-4-6-18(15,16)8-11/h4-8,12H2,1-3H3,(H,13,14). The monoisotopic (exact) mass is 278 g/mol. The molecular formula is C11H22N2O4S. The van der Waals surface area contributed by atoms with E-state index < -0.39 is 27.1 Å². The van der Waals surface area contributed by atoms with Gasteiger partial charge in [0, 0.05) is 12.1 Å². The van der Waals surface area contributed by atoms with E-state index in [1.54, 1.807) is 20.8 Å². The van der Waals surface area contributed by atoms with Crippen LogP contribution in [-0.4, -0.2) is 43.7 Å². The first kappa shape index (κ1) is 15.2. The van der Waals surface area contributed by atoms with Crippen molar-refractivity contribution in [3.63, 3.8) is 0 Å². The molecule has 1 saturated heterocycles. The molecule has 1 unspecified atom stereocenters. The fourth-order valence-electron chi connectivity index (χ4n) is 1.93. The van der Waals surface area contributed by atoms with Crippen LogP contribution in [0, 0.1) is 0 Å². The van der Waals surface area contributed by atoms with Crippen LogP contribution in [0.2, 0.25) is 0 Å². The smallest absolute Gasteiger partial charge is 0.407 e. The van der Waals surface area contributed by atoms with Crippen molar-refractivity contribution >= 4 is 15.9 Å². The van der Waals surface area contributed by atoms with Crippen molar-refractivity contribution in [2.24, 2.45) is 5.73 Å². The van der Waals surface area contributed by atoms with Gasteiger partial charge in [-0.05, 0) is 33.6 Å². The second-order valence-electron chi connectivity index (χ2n) is 5.91. The van der Waals surface area contributed by atoms with Crippen molar-refractivity contribution in [1.82, 2.24) is 5.32 Å². The molecule has 18 heavy (non-hydrogen) atoms. The highest BCUT2D eigenvalue weighted by Crippen LogP contribution is 2.20. The normalized spacial score (nSPS) is 27.6. The van der Waals surface area contributed by atoms with Gasteiger partial charge in [0.2, 0.25) is 0 Å². The first-order valence-electron chi connectivity index (χ1n) is 5.98. The van der Waals surface area contributed by atoms with Crippen LogP contribution in [0.25, 0.3) is 0 Å². The lowest BCUT2D eigenvalue weighted by atomic mass is 9.97. The Hall–Kier alpha value is -0.820. The van der Waals surface area contributed by atoms with Gasteiger partial charge in [-0.3, -0.25) is 0 Å². The minimum atomic E-state index is -3.09. The zero-order chi connectivity index (χ0) is 14.0. The molecule has 1 atom stereocenters. The summed E-state index contributed by atoms with van der Waals surface area (Å²) in [6.45, 7) is 5.39. The van der Waals surface area contributed by atoms with Gasteiger partial charge in [-0.1, -0.05) is 0 Å². The molecular weight excluding hydrogens is 256 g/mol. The van der Waals surface area contributed by atoms with Gasteiger partial charge in [-0.2, -0.15) is 0 Å². The zero-order valence-electron chi connectivity index (χ0n) is 11.2. The molecule has 0 aliphatic carbocycles. The van der Waals surface area contributed by atoms with Crippen molar-refractivity contribution in [3.8, 4) is 0 Å². The van der Waals surface area contributed by atoms with Gasteiger partial charge in [0.25, 0.3) is 0 Å². The summed E-state index contributed by atoms with van der Waals surface area (Å²) in [5.41, 5.74) is 4.54. The van der Waals surface area contributed by atoms with Crippen LogP contribution in [0.5, 0.6) is 0 Å². The Kier molecular flexibility index (Phi) is 4.27. The molecule has 0 bridgehead atoms. The van der Waals surface area contributed by atoms with E-state index in [9.17, 15) is 13.2 Å². The van der Waals surface area contributed by atoms with Crippen molar-refractivity contribution in [2.45, 2.75) is 44.8 Å². The number of carbonyl (C=O) groups is 1. The van der Waals surface area contributed by atoms with Gasteiger partial charge < -0.3 is 15.8 Å². The van der Waals surface area contributed by atoms with E-state index in [1.807, 2.05) is 0 Å². The third kappa shape index (κ3) is 5.22. The molecule has 1 aliphatic heterocycles. The van der Waals surface area contributed by atoms with E-state index in [-0.39, 0.29) is 18.1 Å². The molecule has 0 spiro atoms. The summed E-state index contributed by atoms with van der Waals surface area (Å²) in [6, 6.07) is 0. The van der Waals surface area contributed by atoms with Gasteiger partial charge >= 0.3 is 6.09 Å². The number of carbonyl (C=O) groups excluding carboxylic acids is 1. The minimum absolute atomic E-state index is 0.0875. The third-order valence-electron chi connectivity index (χ3n) is 2.62. The first-order valence-corrected chi connectivity index (χ1v) is 7.80. The predicted molar refractivity (Wildman–Crippen MR) is 69.0 cm³/mol. The van der Waals surface area contributed by atoms with Gasteiger partial charge in [-0.15, -0.1) is 0 Å². The van der Waals surface area contributed by atoms with E-state index in [1.165, 1.54) is 0 Å². The Labute approximate surface area is 108 Å². The molecule has 0 aromatic heterocycles. The molecule has 0 radical (unpaired) electrons. The highest BCUT2D eigenvalue weighted by Gasteiger charge is 2.36. The third-order valence-corrected chi connectivity index (χ3v) is 4.55. The zero-order valence-corrected chi connectivity index (χ0v) is 12.0. The van der Waals surface area contributed by atoms with Crippen LogP contribution in [0.4, 0.5) is 4.79 Å². The van der Waals surface area contributed by atoms with Crippen LogP contribution in [0.3, 0.4) is 0 Å². The number of nitrogens with two attached hydrogens (primary N) is 1. The van der Waals surface area contributed by atoms with E-state index >= 15 is 0 Å². The molecule has 0 aromatic rings. The molecule has 3 N–H and O–H groups in total. The number of rotatable bonds is 2. The Bertz CT molecular complexity index is 413. The lowest BCUT2D eigenvalue weighted by molar-refractivity contribution is 0.0515. The second kappa shape index (κ2) is 5.05. The molecule has 7 heteroatoms. The number of alkyl carbamates (subject to hydrolysis) is 1. The quantitative estimate of drug-likeness (QED) is 0.762. The summed E-state index contributed by atoms with van der Waals surface area (Å²) in [7, 11) is -3.09. The summed E-state index contributed by atoms with van der Waals surface area (Å²) in [6.07, 6.45) is 0.548. The second-order valence-corrected chi connectivity index (χ2v) is 8.10. The summed E-state index contributed by atoms with van der Waals surface area (Å²) >= 11 is 0. The Morgan fingerprint density at radius 1 is 1.44 bits per heavy atom. The molecule has 0 saturated carbocycles. The largest absolute Gasteiger partial charge is 0.444 e. The fraction of sp³-hybridized carbons (Fsp3) is 0.909. The number of sulfone groups is 1. The summed E-state index contributed by atoms with van der Waals surface area (Å²) in [5, 5.41) is 2.54. The Morgan fingerprint density at radius 3 is 2.56 bits per heavy atom. The minimum Gasteiger partial charge on any atom is -0.444 e. The topological polar surface area (TPSA) is 98.5 Å². The Morgan fingerprint density at radius 2 is 2.06 bits per heavy atom. The summed E-state index contributed by atoms with van der Waals surface area (Å²) < 4.78 is 28.1. The lowest BCUT2D eigenvalue weighted by Crippen LogP contribution is -2.57. The van der Waals surface area contributed by atoms with Crippen LogP contribution < -0.4 is 11.1 Å². The number of ether oxygens (including phenoxy) is 1. The lowest BCUT2D eigenvalue weighted by Gasteiger charge is -2.33.